The van der Waals surface area contributed by atoms with Gasteiger partial charge in [-0.25, -0.2) is 9.78 Å². The summed E-state index contributed by atoms with van der Waals surface area (Å²) in [6.45, 7) is 8.62. The number of carbonyl (C=O) groups is 1. The second-order valence-electron chi connectivity index (χ2n) is 7.46. The van der Waals surface area contributed by atoms with Crippen molar-refractivity contribution in [1.29, 1.82) is 0 Å². The van der Waals surface area contributed by atoms with Gasteiger partial charge in [0.05, 0.1) is 6.20 Å². The van der Waals surface area contributed by atoms with Crippen LogP contribution in [-0.2, 0) is 0 Å². The van der Waals surface area contributed by atoms with Gasteiger partial charge in [0.1, 0.15) is 16.5 Å². The number of carboxylic acids is 1. The van der Waals surface area contributed by atoms with Crippen LogP contribution in [0, 0.1) is 11.8 Å². The fourth-order valence-corrected chi connectivity index (χ4v) is 3.86. The molecule has 2 N–H and O–H groups in total. The van der Waals surface area contributed by atoms with Crippen molar-refractivity contribution in [2.45, 2.75) is 58.9 Å². The molecule has 0 radical (unpaired) electrons. The highest BCUT2D eigenvalue weighted by Crippen LogP contribution is 2.45. The third kappa shape index (κ3) is 3.19. The first-order valence-electron chi connectivity index (χ1n) is 8.88. The predicted octanol–water partition coefficient (Wildman–Crippen LogP) is 4.44. The smallest absolute Gasteiger partial charge is 0.341 e. The Morgan fingerprint density at radius 1 is 1.40 bits per heavy atom. The number of fused-ring (bicyclic) bond motifs is 1. The Kier molecular flexibility index (Phi) is 4.91. The van der Waals surface area contributed by atoms with Gasteiger partial charge in [-0.3, -0.25) is 0 Å². The van der Waals surface area contributed by atoms with Crippen LogP contribution in [0.5, 0.6) is 0 Å². The van der Waals surface area contributed by atoms with Gasteiger partial charge in [-0.05, 0) is 31.1 Å². The van der Waals surface area contributed by atoms with Gasteiger partial charge in [-0.1, -0.05) is 45.2 Å². The Balaban J connectivity index is 2.22. The predicted molar refractivity (Wildman–Crippen MR) is 98.6 cm³/mol. The number of nitrogens with zero attached hydrogens (tertiary/aromatic N) is 3. The van der Waals surface area contributed by atoms with Crippen molar-refractivity contribution in [3.05, 3.63) is 22.5 Å². The van der Waals surface area contributed by atoms with Crippen molar-refractivity contribution in [3.63, 3.8) is 0 Å². The molecular formula is C18H25ClN4O2. The van der Waals surface area contributed by atoms with Crippen LogP contribution in [0.4, 0.5) is 5.82 Å². The van der Waals surface area contributed by atoms with Crippen LogP contribution in [0.15, 0.2) is 6.20 Å². The van der Waals surface area contributed by atoms with Crippen molar-refractivity contribution < 1.29 is 9.90 Å². The van der Waals surface area contributed by atoms with Crippen LogP contribution in [0.2, 0.25) is 5.15 Å². The Morgan fingerprint density at radius 3 is 2.68 bits per heavy atom. The van der Waals surface area contributed by atoms with Crippen molar-refractivity contribution in [2.24, 2.45) is 11.8 Å². The number of anilines is 1. The molecule has 136 valence electrons. The lowest BCUT2D eigenvalue weighted by Crippen LogP contribution is -2.25. The number of aromatic nitrogens is 3. The van der Waals surface area contributed by atoms with E-state index >= 15 is 0 Å². The summed E-state index contributed by atoms with van der Waals surface area (Å²) < 4.78 is 1.61. The number of hydrogen-bond donors (Lipinski definition) is 2. The van der Waals surface area contributed by atoms with Crippen molar-refractivity contribution in [2.75, 3.05) is 5.32 Å². The van der Waals surface area contributed by atoms with Gasteiger partial charge >= 0.3 is 5.97 Å². The van der Waals surface area contributed by atoms with Gasteiger partial charge in [0.2, 0.25) is 0 Å². The molecule has 1 fully saturated rings. The Morgan fingerprint density at radius 2 is 2.12 bits per heavy atom. The van der Waals surface area contributed by atoms with E-state index in [0.29, 0.717) is 22.9 Å². The van der Waals surface area contributed by atoms with Crippen LogP contribution in [0.1, 0.15) is 68.8 Å². The van der Waals surface area contributed by atoms with Gasteiger partial charge in [-0.2, -0.15) is 9.61 Å². The fraction of sp³-hybridized carbons (Fsp3) is 0.611. The summed E-state index contributed by atoms with van der Waals surface area (Å²) in [6.07, 6.45) is 4.73. The van der Waals surface area contributed by atoms with Gasteiger partial charge in [0, 0.05) is 11.6 Å². The molecule has 1 aliphatic carbocycles. The van der Waals surface area contributed by atoms with E-state index < -0.39 is 5.97 Å². The number of hydrogen-bond acceptors (Lipinski definition) is 4. The molecule has 0 spiro atoms. The van der Waals surface area contributed by atoms with Gasteiger partial charge < -0.3 is 10.4 Å². The first-order chi connectivity index (χ1) is 11.8. The topological polar surface area (TPSA) is 79.5 Å². The van der Waals surface area contributed by atoms with E-state index in [1.54, 1.807) is 4.52 Å². The largest absolute Gasteiger partial charge is 0.477 e. The van der Waals surface area contributed by atoms with E-state index in [0.717, 1.165) is 24.2 Å². The molecule has 3 atom stereocenters. The normalized spacial score (nSPS) is 21.8. The molecule has 3 rings (SSSR count). The maximum absolute atomic E-state index is 11.5. The molecule has 2 aromatic heterocycles. The molecule has 25 heavy (non-hydrogen) atoms. The first-order valence-corrected chi connectivity index (χ1v) is 9.26. The molecular weight excluding hydrogens is 340 g/mol. The second-order valence-corrected chi connectivity index (χ2v) is 7.81. The van der Waals surface area contributed by atoms with Crippen molar-refractivity contribution >= 4 is 29.0 Å². The molecule has 0 aromatic carbocycles. The number of carboxylic acid groups (broad SMARTS) is 1. The number of nitrogens with one attached hydrogen (secondary N) is 1. The highest BCUT2D eigenvalue weighted by molar-refractivity contribution is 6.30. The minimum Gasteiger partial charge on any atom is -0.477 e. The van der Waals surface area contributed by atoms with Crippen LogP contribution in [0.25, 0.3) is 5.65 Å². The lowest BCUT2D eigenvalue weighted by molar-refractivity contribution is 0.0699. The highest BCUT2D eigenvalue weighted by Gasteiger charge is 2.32. The van der Waals surface area contributed by atoms with Gasteiger partial charge in [0.25, 0.3) is 0 Å². The average molecular weight is 365 g/mol. The minimum absolute atomic E-state index is 0.0631. The molecule has 2 aromatic rings. The van der Waals surface area contributed by atoms with E-state index in [1.165, 1.54) is 12.6 Å². The van der Waals surface area contributed by atoms with E-state index in [9.17, 15) is 9.90 Å². The summed E-state index contributed by atoms with van der Waals surface area (Å²) in [5, 5.41) is 17.6. The first kappa shape index (κ1) is 18.0. The summed E-state index contributed by atoms with van der Waals surface area (Å²) in [5.41, 5.74) is 1.31. The molecule has 1 aliphatic rings. The van der Waals surface area contributed by atoms with Crippen LogP contribution < -0.4 is 5.32 Å². The Labute approximate surface area is 152 Å². The van der Waals surface area contributed by atoms with E-state index in [1.807, 2.05) is 0 Å². The maximum Gasteiger partial charge on any atom is 0.341 e. The van der Waals surface area contributed by atoms with Crippen molar-refractivity contribution in [3.8, 4) is 0 Å². The summed E-state index contributed by atoms with van der Waals surface area (Å²) in [6, 6.07) is 0.189. The molecule has 7 heteroatoms. The molecule has 0 amide bonds. The number of rotatable bonds is 5. The summed E-state index contributed by atoms with van der Waals surface area (Å²) in [4.78, 5) is 15.9. The zero-order chi connectivity index (χ0) is 18.3. The zero-order valence-electron chi connectivity index (χ0n) is 15.1. The SMILES string of the molecule is CC1CCCC1c1c(Cl)nc2c(C(=O)O)cnn2c1N[C@H](C)C(C)C. The Bertz CT molecular complexity index is 802. The molecule has 1 saturated carbocycles. The van der Waals surface area contributed by atoms with E-state index in [2.05, 4.69) is 43.1 Å². The lowest BCUT2D eigenvalue weighted by atomic mass is 9.91. The summed E-state index contributed by atoms with van der Waals surface area (Å²) >= 11 is 6.57. The lowest BCUT2D eigenvalue weighted by Gasteiger charge is -2.26. The molecule has 2 unspecified atom stereocenters. The van der Waals surface area contributed by atoms with Gasteiger partial charge in [0.15, 0.2) is 5.65 Å². The van der Waals surface area contributed by atoms with Crippen LogP contribution in [-0.4, -0.2) is 31.7 Å². The van der Waals surface area contributed by atoms with E-state index in [4.69, 9.17) is 11.6 Å². The van der Waals surface area contributed by atoms with Crippen LogP contribution >= 0.6 is 11.6 Å². The number of aromatic carboxylic acids is 1. The van der Waals surface area contributed by atoms with Gasteiger partial charge in [-0.15, -0.1) is 0 Å². The van der Waals surface area contributed by atoms with E-state index in [-0.39, 0.29) is 17.3 Å². The molecule has 0 saturated heterocycles. The van der Waals surface area contributed by atoms with Crippen LogP contribution in [0.3, 0.4) is 0 Å². The minimum atomic E-state index is -1.05. The third-order valence-corrected chi connectivity index (χ3v) is 5.75. The number of halogens is 1. The second kappa shape index (κ2) is 6.83. The van der Waals surface area contributed by atoms with Crippen molar-refractivity contribution in [1.82, 2.24) is 14.6 Å². The molecule has 2 heterocycles. The highest BCUT2D eigenvalue weighted by atomic mass is 35.5. The monoisotopic (exact) mass is 364 g/mol. The summed E-state index contributed by atoms with van der Waals surface area (Å²) in [7, 11) is 0. The summed E-state index contributed by atoms with van der Waals surface area (Å²) in [5.74, 6) is 0.959. The third-order valence-electron chi connectivity index (χ3n) is 5.46. The average Bonchev–Trinajstić information content (AvgIpc) is 3.13. The standard InChI is InChI=1S/C18H25ClN4O2/c1-9(2)11(4)21-17-14(12-7-5-6-10(12)3)15(19)22-16-13(18(24)25)8-20-23(16)17/h8-12,21H,5-7H2,1-4H3,(H,24,25)/t10?,11-,12?/m1/s1. The Hall–Kier alpha value is -1.82. The quantitative estimate of drug-likeness (QED) is 0.766. The zero-order valence-corrected chi connectivity index (χ0v) is 15.8. The molecule has 6 nitrogen and oxygen atoms in total. The molecule has 0 bridgehead atoms. The molecule has 0 aliphatic heterocycles. The fourth-order valence-electron chi connectivity index (χ4n) is 3.55. The maximum atomic E-state index is 11.5.